The van der Waals surface area contributed by atoms with Crippen molar-refractivity contribution in [2.75, 3.05) is 26.8 Å². The van der Waals surface area contributed by atoms with Crippen molar-refractivity contribution in [3.05, 3.63) is 35.9 Å². The van der Waals surface area contributed by atoms with Gasteiger partial charge in [0.1, 0.15) is 0 Å². The molecule has 0 saturated heterocycles. The Bertz CT molecular complexity index is 403. The Morgan fingerprint density at radius 1 is 1.42 bits per heavy atom. The molecule has 19 heavy (non-hydrogen) atoms. The first kappa shape index (κ1) is 14.0. The van der Waals surface area contributed by atoms with Crippen molar-refractivity contribution >= 4 is 5.84 Å². The molecule has 104 valence electrons. The Kier molecular flexibility index (Phi) is 4.93. The number of methoxy groups -OCH3 is 1. The van der Waals surface area contributed by atoms with E-state index in [2.05, 4.69) is 4.90 Å². The van der Waals surface area contributed by atoms with Crippen molar-refractivity contribution in [1.29, 1.82) is 5.41 Å². The second-order valence-electron chi connectivity index (χ2n) is 5.14. The molecule has 0 aromatic heterocycles. The minimum atomic E-state index is -0.0151. The van der Waals surface area contributed by atoms with Crippen LogP contribution in [0.1, 0.15) is 24.3 Å². The van der Waals surface area contributed by atoms with Crippen LogP contribution in [0.3, 0.4) is 0 Å². The van der Waals surface area contributed by atoms with E-state index >= 15 is 0 Å². The fraction of sp³-hybridized carbons (Fsp3) is 0.533. The highest BCUT2D eigenvalue weighted by Crippen LogP contribution is 2.29. The van der Waals surface area contributed by atoms with Crippen LogP contribution in [-0.4, -0.2) is 43.6 Å². The molecule has 4 heteroatoms. The van der Waals surface area contributed by atoms with E-state index in [0.717, 1.165) is 25.3 Å². The van der Waals surface area contributed by atoms with E-state index in [1.54, 1.807) is 7.11 Å². The molecule has 2 rings (SSSR count). The minimum absolute atomic E-state index is 0.0151. The third kappa shape index (κ3) is 4.04. The first-order valence-corrected chi connectivity index (χ1v) is 6.84. The zero-order chi connectivity index (χ0) is 13.7. The highest BCUT2D eigenvalue weighted by Gasteiger charge is 2.31. The summed E-state index contributed by atoms with van der Waals surface area (Å²) in [5.41, 5.74) is 6.91. The largest absolute Gasteiger partial charge is 0.387 e. The van der Waals surface area contributed by atoms with Crippen molar-refractivity contribution in [3.63, 3.8) is 0 Å². The number of nitrogens with one attached hydrogen (secondary N) is 1. The Labute approximate surface area is 115 Å². The van der Waals surface area contributed by atoms with Crippen molar-refractivity contribution < 1.29 is 4.74 Å². The lowest BCUT2D eigenvalue weighted by molar-refractivity contribution is 0.142. The standard InChI is InChI=1S/C15H23N3O/c1-19-10-9-18(13-7-8-13)11-14(15(16)17)12-5-3-2-4-6-12/h2-6,13-14H,7-11H2,1H3,(H3,16,17). The van der Waals surface area contributed by atoms with Crippen molar-refractivity contribution in [2.45, 2.75) is 24.8 Å². The maximum atomic E-state index is 7.84. The molecule has 0 amide bonds. The zero-order valence-corrected chi connectivity index (χ0v) is 11.5. The Balaban J connectivity index is 2.04. The molecular formula is C15H23N3O. The van der Waals surface area contributed by atoms with Crippen molar-refractivity contribution in [1.82, 2.24) is 4.90 Å². The summed E-state index contributed by atoms with van der Waals surface area (Å²) in [4.78, 5) is 2.41. The van der Waals surface area contributed by atoms with E-state index < -0.39 is 0 Å². The molecule has 0 aliphatic heterocycles. The summed E-state index contributed by atoms with van der Waals surface area (Å²) in [6.45, 7) is 2.46. The van der Waals surface area contributed by atoms with Gasteiger partial charge in [0.05, 0.1) is 18.4 Å². The van der Waals surface area contributed by atoms with Gasteiger partial charge in [-0.1, -0.05) is 30.3 Å². The van der Waals surface area contributed by atoms with Crippen LogP contribution >= 0.6 is 0 Å². The Hall–Kier alpha value is -1.39. The number of amidine groups is 1. The van der Waals surface area contributed by atoms with Gasteiger partial charge in [-0.2, -0.15) is 0 Å². The summed E-state index contributed by atoms with van der Waals surface area (Å²) >= 11 is 0. The molecule has 1 unspecified atom stereocenters. The molecule has 1 saturated carbocycles. The van der Waals surface area contributed by atoms with Crippen LogP contribution in [0.4, 0.5) is 0 Å². The predicted molar refractivity (Wildman–Crippen MR) is 77.6 cm³/mol. The summed E-state index contributed by atoms with van der Waals surface area (Å²) in [5.74, 6) is 0.230. The van der Waals surface area contributed by atoms with Crippen LogP contribution in [0.15, 0.2) is 30.3 Å². The second kappa shape index (κ2) is 6.68. The molecule has 1 fully saturated rings. The average molecular weight is 261 g/mol. The quantitative estimate of drug-likeness (QED) is 0.554. The molecule has 1 aromatic carbocycles. The molecule has 1 aromatic rings. The topological polar surface area (TPSA) is 62.3 Å². The third-order valence-electron chi connectivity index (χ3n) is 3.64. The number of ether oxygens (including phenoxy) is 1. The normalized spacial score (nSPS) is 16.5. The summed E-state index contributed by atoms with van der Waals surface area (Å²) in [6, 6.07) is 10.7. The summed E-state index contributed by atoms with van der Waals surface area (Å²) in [5, 5.41) is 7.84. The number of nitrogens with zero attached hydrogens (tertiary/aromatic N) is 1. The second-order valence-corrected chi connectivity index (χ2v) is 5.14. The van der Waals surface area contributed by atoms with Crippen molar-refractivity contribution in [2.24, 2.45) is 5.73 Å². The molecule has 1 aliphatic rings. The molecule has 3 N–H and O–H groups in total. The lowest BCUT2D eigenvalue weighted by atomic mass is 9.97. The summed E-state index contributed by atoms with van der Waals surface area (Å²) < 4.78 is 5.17. The fourth-order valence-corrected chi connectivity index (χ4v) is 2.37. The van der Waals surface area contributed by atoms with E-state index in [4.69, 9.17) is 15.9 Å². The highest BCUT2D eigenvalue weighted by atomic mass is 16.5. The van der Waals surface area contributed by atoms with E-state index in [1.165, 1.54) is 12.8 Å². The third-order valence-corrected chi connectivity index (χ3v) is 3.64. The maximum absolute atomic E-state index is 7.84. The van der Waals surface area contributed by atoms with Gasteiger partial charge in [-0.25, -0.2) is 0 Å². The molecule has 1 aliphatic carbocycles. The average Bonchev–Trinajstić information content (AvgIpc) is 3.24. The maximum Gasteiger partial charge on any atom is 0.0995 e. The highest BCUT2D eigenvalue weighted by molar-refractivity contribution is 5.84. The van der Waals surface area contributed by atoms with E-state index in [-0.39, 0.29) is 11.8 Å². The Morgan fingerprint density at radius 2 is 2.11 bits per heavy atom. The van der Waals surface area contributed by atoms with Crippen molar-refractivity contribution in [3.8, 4) is 0 Å². The molecule has 0 bridgehead atoms. The van der Waals surface area contributed by atoms with Crippen LogP contribution < -0.4 is 5.73 Å². The van der Waals surface area contributed by atoms with Crippen LogP contribution in [0.2, 0.25) is 0 Å². The number of hydrogen-bond acceptors (Lipinski definition) is 3. The summed E-state index contributed by atoms with van der Waals surface area (Å²) in [7, 11) is 1.73. The van der Waals surface area contributed by atoms with E-state index in [0.29, 0.717) is 6.04 Å². The van der Waals surface area contributed by atoms with Gasteiger partial charge >= 0.3 is 0 Å². The number of hydrogen-bond donors (Lipinski definition) is 2. The van der Waals surface area contributed by atoms with Gasteiger partial charge in [0.2, 0.25) is 0 Å². The molecular weight excluding hydrogens is 238 g/mol. The fourth-order valence-electron chi connectivity index (χ4n) is 2.37. The van der Waals surface area contributed by atoms with Crippen LogP contribution in [0, 0.1) is 5.41 Å². The van der Waals surface area contributed by atoms with Gasteiger partial charge in [0.25, 0.3) is 0 Å². The minimum Gasteiger partial charge on any atom is -0.387 e. The van der Waals surface area contributed by atoms with E-state index in [9.17, 15) is 0 Å². The smallest absolute Gasteiger partial charge is 0.0995 e. The van der Waals surface area contributed by atoms with Crippen LogP contribution in [0.25, 0.3) is 0 Å². The first-order chi connectivity index (χ1) is 9.22. The van der Waals surface area contributed by atoms with Gasteiger partial charge < -0.3 is 10.5 Å². The number of rotatable bonds is 8. The van der Waals surface area contributed by atoms with Gasteiger partial charge in [-0.3, -0.25) is 10.3 Å². The van der Waals surface area contributed by atoms with Gasteiger partial charge in [0.15, 0.2) is 0 Å². The van der Waals surface area contributed by atoms with Gasteiger partial charge in [-0.05, 0) is 18.4 Å². The number of nitrogens with two attached hydrogens (primary N) is 1. The van der Waals surface area contributed by atoms with Gasteiger partial charge in [-0.15, -0.1) is 0 Å². The lowest BCUT2D eigenvalue weighted by Gasteiger charge is -2.27. The molecule has 0 spiro atoms. The Morgan fingerprint density at radius 3 is 2.63 bits per heavy atom. The molecule has 0 heterocycles. The molecule has 4 nitrogen and oxygen atoms in total. The molecule has 1 atom stereocenters. The zero-order valence-electron chi connectivity index (χ0n) is 11.5. The van der Waals surface area contributed by atoms with Gasteiger partial charge in [0, 0.05) is 26.2 Å². The van der Waals surface area contributed by atoms with Crippen LogP contribution in [-0.2, 0) is 4.74 Å². The SMILES string of the molecule is COCCN(CC(C(=N)N)c1ccccc1)C1CC1. The summed E-state index contributed by atoms with van der Waals surface area (Å²) in [6.07, 6.45) is 2.51. The lowest BCUT2D eigenvalue weighted by Crippen LogP contribution is -2.37. The number of benzene rings is 1. The monoisotopic (exact) mass is 261 g/mol. The first-order valence-electron chi connectivity index (χ1n) is 6.84. The predicted octanol–water partition coefficient (Wildman–Crippen LogP) is 1.82. The van der Waals surface area contributed by atoms with E-state index in [1.807, 2.05) is 30.3 Å². The van der Waals surface area contributed by atoms with Crippen LogP contribution in [0.5, 0.6) is 0 Å². The molecule has 0 radical (unpaired) electrons.